The van der Waals surface area contributed by atoms with Crippen molar-refractivity contribution in [2.45, 2.75) is 27.2 Å². The first-order valence-corrected chi connectivity index (χ1v) is 5.26. The molecule has 0 unspecified atom stereocenters. The summed E-state index contributed by atoms with van der Waals surface area (Å²) >= 11 is 0. The first-order chi connectivity index (χ1) is 7.02. The summed E-state index contributed by atoms with van der Waals surface area (Å²) in [7, 11) is 0. The molecule has 0 aliphatic heterocycles. The van der Waals surface area contributed by atoms with Crippen LogP contribution in [0.15, 0.2) is 12.2 Å². The third-order valence-corrected chi connectivity index (χ3v) is 2.40. The van der Waals surface area contributed by atoms with Crippen LogP contribution in [0.4, 0.5) is 0 Å². The van der Waals surface area contributed by atoms with Crippen LogP contribution in [0.2, 0.25) is 0 Å². The lowest BCUT2D eigenvalue weighted by molar-refractivity contribution is -0.487. The monoisotopic (exact) mass is 213 g/mol. The van der Waals surface area contributed by atoms with Crippen molar-refractivity contribution in [1.29, 1.82) is 0 Å². The second kappa shape index (κ2) is 7.15. The van der Waals surface area contributed by atoms with Gasteiger partial charge in [0.25, 0.3) is 0 Å². The first-order valence-electron chi connectivity index (χ1n) is 5.26. The number of rotatable bonds is 7. The number of carbonyl (C=O) groups is 1. The summed E-state index contributed by atoms with van der Waals surface area (Å²) in [6.45, 7) is 5.61. The van der Waals surface area contributed by atoms with Crippen molar-refractivity contribution in [3.05, 3.63) is 22.3 Å². The van der Waals surface area contributed by atoms with E-state index in [1.54, 1.807) is 6.08 Å². The molecule has 0 aromatic heterocycles. The molecule has 0 aliphatic rings. The number of hydrogen-bond donors (Lipinski definition) is 0. The van der Waals surface area contributed by atoms with Crippen molar-refractivity contribution in [2.24, 2.45) is 17.8 Å². The highest BCUT2D eigenvalue weighted by molar-refractivity contribution is 5.55. The summed E-state index contributed by atoms with van der Waals surface area (Å²) < 4.78 is 0. The van der Waals surface area contributed by atoms with E-state index in [0.29, 0.717) is 0 Å². The van der Waals surface area contributed by atoms with Crippen LogP contribution in [0.5, 0.6) is 0 Å². The van der Waals surface area contributed by atoms with Gasteiger partial charge in [-0.25, -0.2) is 0 Å². The van der Waals surface area contributed by atoms with Gasteiger partial charge in [-0.2, -0.15) is 0 Å². The topological polar surface area (TPSA) is 60.2 Å². The lowest BCUT2D eigenvalue weighted by Gasteiger charge is -2.19. The number of aldehydes is 1. The Kier molecular flexibility index (Phi) is 6.58. The van der Waals surface area contributed by atoms with E-state index in [-0.39, 0.29) is 29.2 Å². The molecule has 15 heavy (non-hydrogen) atoms. The summed E-state index contributed by atoms with van der Waals surface area (Å²) in [4.78, 5) is 21.0. The maximum absolute atomic E-state index is 10.9. The van der Waals surface area contributed by atoms with E-state index in [1.165, 1.54) is 0 Å². The zero-order valence-corrected chi connectivity index (χ0v) is 9.55. The van der Waals surface area contributed by atoms with Crippen molar-refractivity contribution >= 4 is 6.29 Å². The maximum atomic E-state index is 10.9. The Morgan fingerprint density at radius 1 is 1.40 bits per heavy atom. The minimum atomic E-state index is -0.358. The average molecular weight is 213 g/mol. The van der Waals surface area contributed by atoms with E-state index < -0.39 is 0 Å². The number of hydrogen-bond acceptors (Lipinski definition) is 3. The third-order valence-electron chi connectivity index (χ3n) is 2.40. The van der Waals surface area contributed by atoms with Crippen molar-refractivity contribution in [3.63, 3.8) is 0 Å². The second-order valence-corrected chi connectivity index (χ2v) is 3.97. The van der Waals surface area contributed by atoms with Gasteiger partial charge in [0.05, 0.1) is 5.92 Å². The molecular formula is C11H19NO3. The van der Waals surface area contributed by atoms with Crippen LogP contribution in [-0.4, -0.2) is 17.8 Å². The molecule has 0 N–H and O–H groups in total. The second-order valence-electron chi connectivity index (χ2n) is 3.97. The van der Waals surface area contributed by atoms with Gasteiger partial charge in [0.1, 0.15) is 6.29 Å². The van der Waals surface area contributed by atoms with Gasteiger partial charge in [-0.15, -0.1) is 0 Å². The minimum Gasteiger partial charge on any atom is -0.303 e. The fraction of sp³-hybridized carbons (Fsp3) is 0.727. The molecule has 86 valence electrons. The van der Waals surface area contributed by atoms with Crippen LogP contribution < -0.4 is 0 Å². The van der Waals surface area contributed by atoms with Crippen LogP contribution in [0.3, 0.4) is 0 Å². The third kappa shape index (κ3) is 5.30. The molecule has 0 heterocycles. The summed E-state index contributed by atoms with van der Waals surface area (Å²) in [6.07, 6.45) is 5.34. The zero-order chi connectivity index (χ0) is 11.8. The van der Waals surface area contributed by atoms with Gasteiger partial charge in [0.2, 0.25) is 6.54 Å². The summed E-state index contributed by atoms with van der Waals surface area (Å²) in [5.74, 6) is -0.412. The molecular weight excluding hydrogens is 194 g/mol. The predicted octanol–water partition coefficient (Wildman–Crippen LogP) is 2.32. The van der Waals surface area contributed by atoms with Gasteiger partial charge >= 0.3 is 0 Å². The van der Waals surface area contributed by atoms with Crippen LogP contribution >= 0.6 is 0 Å². The largest absolute Gasteiger partial charge is 0.303 e. The van der Waals surface area contributed by atoms with Crippen LogP contribution in [0.1, 0.15) is 27.2 Å². The molecule has 2 atom stereocenters. The molecule has 0 aromatic carbocycles. The van der Waals surface area contributed by atoms with Gasteiger partial charge in [0.15, 0.2) is 0 Å². The van der Waals surface area contributed by atoms with Crippen LogP contribution in [-0.2, 0) is 4.79 Å². The normalized spacial score (nSPS) is 15.5. The van der Waals surface area contributed by atoms with E-state index in [4.69, 9.17) is 0 Å². The zero-order valence-electron chi connectivity index (χ0n) is 9.55. The molecule has 0 spiro atoms. The quantitative estimate of drug-likeness (QED) is 0.282. The molecule has 0 aromatic rings. The molecule has 0 radical (unpaired) electrons. The highest BCUT2D eigenvalue weighted by atomic mass is 16.6. The molecule has 0 aliphatic carbocycles. The van der Waals surface area contributed by atoms with Crippen molar-refractivity contribution in [2.75, 3.05) is 6.54 Å². The maximum Gasteiger partial charge on any atom is 0.210 e. The Bertz CT molecular complexity index is 236. The lowest BCUT2D eigenvalue weighted by Crippen LogP contribution is -2.26. The number of allylic oxidation sites excluding steroid dienone is 1. The van der Waals surface area contributed by atoms with Gasteiger partial charge in [0, 0.05) is 10.8 Å². The van der Waals surface area contributed by atoms with Gasteiger partial charge in [-0.05, 0) is 12.3 Å². The SMILES string of the molecule is CC/C=C/[C@@H](C[N+](=O)[O-])[C@H](C=O)C(C)C. The van der Waals surface area contributed by atoms with Crippen LogP contribution in [0, 0.1) is 27.9 Å². The Morgan fingerprint density at radius 3 is 2.33 bits per heavy atom. The lowest BCUT2D eigenvalue weighted by atomic mass is 9.84. The van der Waals surface area contributed by atoms with Gasteiger partial charge < -0.3 is 4.79 Å². The van der Waals surface area contributed by atoms with E-state index >= 15 is 0 Å². The number of nitro groups is 1. The van der Waals surface area contributed by atoms with Gasteiger partial charge in [-0.3, -0.25) is 10.1 Å². The fourth-order valence-corrected chi connectivity index (χ4v) is 1.55. The Balaban J connectivity index is 4.64. The van der Waals surface area contributed by atoms with Crippen LogP contribution in [0.25, 0.3) is 0 Å². The number of carbonyl (C=O) groups excluding carboxylic acids is 1. The Morgan fingerprint density at radius 2 is 2.00 bits per heavy atom. The summed E-state index contributed by atoms with van der Waals surface area (Å²) in [5, 5.41) is 10.5. The molecule has 0 saturated heterocycles. The standard InChI is InChI=1S/C11H19NO3/c1-4-5-6-10(7-12(14)15)11(8-13)9(2)3/h5-6,8-11H,4,7H2,1-3H3/b6-5+/t10-,11+/m0/s1. The predicted molar refractivity (Wildman–Crippen MR) is 59.2 cm³/mol. The highest BCUT2D eigenvalue weighted by Crippen LogP contribution is 2.20. The van der Waals surface area contributed by atoms with E-state index in [9.17, 15) is 14.9 Å². The Labute approximate surface area is 90.5 Å². The van der Waals surface area contributed by atoms with E-state index in [2.05, 4.69) is 0 Å². The fourth-order valence-electron chi connectivity index (χ4n) is 1.55. The van der Waals surface area contributed by atoms with E-state index in [1.807, 2.05) is 26.8 Å². The molecule has 0 amide bonds. The Hall–Kier alpha value is -1.19. The summed E-state index contributed by atoms with van der Waals surface area (Å²) in [5.41, 5.74) is 0. The van der Waals surface area contributed by atoms with E-state index in [0.717, 1.165) is 12.7 Å². The molecule has 0 bridgehead atoms. The summed E-state index contributed by atoms with van der Waals surface area (Å²) in [6, 6.07) is 0. The molecule has 0 fully saturated rings. The minimum absolute atomic E-state index is 0.133. The van der Waals surface area contributed by atoms with Crippen molar-refractivity contribution < 1.29 is 9.72 Å². The molecule has 4 heteroatoms. The molecule has 0 saturated carbocycles. The highest BCUT2D eigenvalue weighted by Gasteiger charge is 2.25. The van der Waals surface area contributed by atoms with Crippen molar-refractivity contribution in [1.82, 2.24) is 0 Å². The van der Waals surface area contributed by atoms with Crippen molar-refractivity contribution in [3.8, 4) is 0 Å². The number of nitrogens with zero attached hydrogens (tertiary/aromatic N) is 1. The average Bonchev–Trinajstić information content (AvgIpc) is 2.13. The van der Waals surface area contributed by atoms with Gasteiger partial charge in [-0.1, -0.05) is 32.9 Å². The smallest absolute Gasteiger partial charge is 0.210 e. The molecule has 0 rings (SSSR count). The molecule has 4 nitrogen and oxygen atoms in total. The first kappa shape index (κ1) is 13.8.